The second kappa shape index (κ2) is 6.94. The van der Waals surface area contributed by atoms with Crippen molar-refractivity contribution in [1.29, 1.82) is 0 Å². The number of halogens is 1. The number of benzene rings is 1. The predicted molar refractivity (Wildman–Crippen MR) is 106 cm³/mol. The van der Waals surface area contributed by atoms with Gasteiger partial charge in [-0.3, -0.25) is 0 Å². The summed E-state index contributed by atoms with van der Waals surface area (Å²) < 4.78 is 1.15. The molecule has 1 saturated carbocycles. The van der Waals surface area contributed by atoms with Gasteiger partial charge >= 0.3 is 0 Å². The minimum absolute atomic E-state index is 0.424. The van der Waals surface area contributed by atoms with Gasteiger partial charge in [-0.05, 0) is 55.9 Å². The summed E-state index contributed by atoms with van der Waals surface area (Å²) >= 11 is 3.60. The quantitative estimate of drug-likeness (QED) is 0.775. The largest absolute Gasteiger partial charge is 0.367 e. The van der Waals surface area contributed by atoms with Crippen molar-refractivity contribution < 1.29 is 0 Å². The van der Waals surface area contributed by atoms with Crippen LogP contribution in [0.25, 0.3) is 0 Å². The Labute approximate surface area is 158 Å². The van der Waals surface area contributed by atoms with Crippen LogP contribution in [0.15, 0.2) is 28.7 Å². The molecule has 0 amide bonds. The molecule has 1 aliphatic carbocycles. The number of fused-ring (bicyclic) bond motifs is 1. The van der Waals surface area contributed by atoms with Crippen molar-refractivity contribution in [3.63, 3.8) is 0 Å². The molecule has 5 heteroatoms. The van der Waals surface area contributed by atoms with Crippen molar-refractivity contribution in [3.8, 4) is 0 Å². The Bertz CT molecular complexity index is 772. The highest BCUT2D eigenvalue weighted by Gasteiger charge is 2.28. The minimum Gasteiger partial charge on any atom is -0.367 e. The van der Waals surface area contributed by atoms with Crippen LogP contribution in [-0.4, -0.2) is 22.6 Å². The van der Waals surface area contributed by atoms with Crippen LogP contribution in [-0.2, 0) is 13.0 Å². The fourth-order valence-corrected chi connectivity index (χ4v) is 3.70. The van der Waals surface area contributed by atoms with E-state index in [1.54, 1.807) is 0 Å². The first kappa shape index (κ1) is 16.8. The van der Waals surface area contributed by atoms with Gasteiger partial charge < -0.3 is 10.2 Å². The molecule has 4 rings (SSSR count). The Balaban J connectivity index is 1.63. The van der Waals surface area contributed by atoms with Gasteiger partial charge in [-0.2, -0.15) is 0 Å². The summed E-state index contributed by atoms with van der Waals surface area (Å²) in [5.74, 6) is 3.61. The lowest BCUT2D eigenvalue weighted by atomic mass is 10.00. The van der Waals surface area contributed by atoms with Crippen molar-refractivity contribution in [2.45, 2.75) is 58.0 Å². The third kappa shape index (κ3) is 3.81. The number of aromatic nitrogens is 2. The molecule has 1 fully saturated rings. The van der Waals surface area contributed by atoms with Crippen molar-refractivity contribution >= 4 is 27.6 Å². The topological polar surface area (TPSA) is 41.0 Å². The molecule has 1 aromatic heterocycles. The zero-order valence-corrected chi connectivity index (χ0v) is 16.5. The van der Waals surface area contributed by atoms with E-state index in [0.29, 0.717) is 12.0 Å². The first-order valence-corrected chi connectivity index (χ1v) is 10.1. The number of hydrogen-bond donors (Lipinski definition) is 1. The molecule has 0 radical (unpaired) electrons. The van der Waals surface area contributed by atoms with Crippen LogP contribution in [0, 0.1) is 0 Å². The Morgan fingerprint density at radius 2 is 2.08 bits per heavy atom. The SMILES string of the molecule is CC[C@H](C)Nc1cc(N2CCc3ccc(Br)cc3C2)nc(C2CC2)n1. The summed E-state index contributed by atoms with van der Waals surface area (Å²) in [7, 11) is 0. The summed E-state index contributed by atoms with van der Waals surface area (Å²) in [4.78, 5) is 12.1. The van der Waals surface area contributed by atoms with Crippen molar-refractivity contribution in [1.82, 2.24) is 9.97 Å². The van der Waals surface area contributed by atoms with E-state index in [4.69, 9.17) is 9.97 Å². The number of hydrogen-bond acceptors (Lipinski definition) is 4. The second-order valence-electron chi connectivity index (χ2n) is 7.28. The predicted octanol–water partition coefficient (Wildman–Crippen LogP) is 4.89. The van der Waals surface area contributed by atoms with Crippen LogP contribution >= 0.6 is 15.9 Å². The van der Waals surface area contributed by atoms with Gasteiger partial charge in [0.2, 0.25) is 0 Å². The molecule has 0 unspecified atom stereocenters. The number of rotatable bonds is 5. The highest BCUT2D eigenvalue weighted by atomic mass is 79.9. The summed E-state index contributed by atoms with van der Waals surface area (Å²) in [5.41, 5.74) is 2.84. The monoisotopic (exact) mass is 400 g/mol. The Morgan fingerprint density at radius 1 is 1.24 bits per heavy atom. The van der Waals surface area contributed by atoms with Crippen molar-refractivity contribution in [2.24, 2.45) is 0 Å². The lowest BCUT2D eigenvalue weighted by Crippen LogP contribution is -2.31. The van der Waals surface area contributed by atoms with Gasteiger partial charge in [0, 0.05) is 35.6 Å². The molecule has 132 valence electrons. The molecule has 1 N–H and O–H groups in total. The average molecular weight is 401 g/mol. The normalized spacial score (nSPS) is 18.0. The highest BCUT2D eigenvalue weighted by Crippen LogP contribution is 2.39. The van der Waals surface area contributed by atoms with E-state index >= 15 is 0 Å². The van der Waals surface area contributed by atoms with Gasteiger partial charge in [-0.1, -0.05) is 28.9 Å². The molecule has 25 heavy (non-hydrogen) atoms. The first-order valence-electron chi connectivity index (χ1n) is 9.30. The maximum Gasteiger partial charge on any atom is 0.136 e. The molecule has 2 aromatic rings. The van der Waals surface area contributed by atoms with Crippen LogP contribution in [0.3, 0.4) is 0 Å². The van der Waals surface area contributed by atoms with E-state index in [1.807, 2.05) is 0 Å². The third-order valence-corrected chi connectivity index (χ3v) is 5.68. The molecule has 0 bridgehead atoms. The van der Waals surface area contributed by atoms with Gasteiger partial charge in [0.25, 0.3) is 0 Å². The lowest BCUT2D eigenvalue weighted by molar-refractivity contribution is 0.710. The molecule has 2 aliphatic rings. The molecule has 0 saturated heterocycles. The summed E-state index contributed by atoms with van der Waals surface area (Å²) in [6.07, 6.45) is 4.60. The lowest BCUT2D eigenvalue weighted by Gasteiger charge is -2.30. The van der Waals surface area contributed by atoms with Gasteiger partial charge in [0.15, 0.2) is 0 Å². The van der Waals surface area contributed by atoms with Crippen molar-refractivity contribution in [3.05, 3.63) is 45.7 Å². The maximum atomic E-state index is 4.91. The molecule has 2 heterocycles. The Hall–Kier alpha value is -1.62. The molecule has 1 atom stereocenters. The smallest absolute Gasteiger partial charge is 0.136 e. The molecular weight excluding hydrogens is 376 g/mol. The zero-order valence-electron chi connectivity index (χ0n) is 14.9. The standard InChI is InChI=1S/C20H25BrN4/c1-3-13(2)22-18-11-19(24-20(23-18)15-4-5-15)25-9-8-14-6-7-17(21)10-16(14)12-25/h6-7,10-11,13,15H,3-5,8-9,12H2,1-2H3,(H,22,23,24)/t13-/m0/s1. The van der Waals surface area contributed by atoms with Gasteiger partial charge in [-0.15, -0.1) is 0 Å². The fraction of sp³-hybridized carbons (Fsp3) is 0.500. The van der Waals surface area contributed by atoms with Gasteiger partial charge in [0.05, 0.1) is 0 Å². The fourth-order valence-electron chi connectivity index (χ4n) is 3.29. The van der Waals surface area contributed by atoms with E-state index in [0.717, 1.165) is 47.9 Å². The van der Waals surface area contributed by atoms with E-state index in [2.05, 4.69) is 64.3 Å². The molecule has 1 aromatic carbocycles. The zero-order chi connectivity index (χ0) is 17.4. The molecular formula is C20H25BrN4. The molecule has 0 spiro atoms. The Kier molecular flexibility index (Phi) is 4.67. The summed E-state index contributed by atoms with van der Waals surface area (Å²) in [6, 6.07) is 9.16. The van der Waals surface area contributed by atoms with E-state index in [9.17, 15) is 0 Å². The summed E-state index contributed by atoms with van der Waals surface area (Å²) in [6.45, 7) is 6.32. The van der Waals surface area contributed by atoms with Crippen LogP contribution in [0.5, 0.6) is 0 Å². The van der Waals surface area contributed by atoms with E-state index < -0.39 is 0 Å². The number of anilines is 2. The van der Waals surface area contributed by atoms with Crippen molar-refractivity contribution in [2.75, 3.05) is 16.8 Å². The number of nitrogens with zero attached hydrogens (tertiary/aromatic N) is 3. The maximum absolute atomic E-state index is 4.91. The number of nitrogens with one attached hydrogen (secondary N) is 1. The Morgan fingerprint density at radius 3 is 2.84 bits per heavy atom. The summed E-state index contributed by atoms with van der Waals surface area (Å²) in [5, 5.41) is 3.54. The van der Waals surface area contributed by atoms with Crippen LogP contribution in [0.1, 0.15) is 56.0 Å². The van der Waals surface area contributed by atoms with E-state index in [1.165, 1.54) is 24.0 Å². The van der Waals surface area contributed by atoms with Crippen LogP contribution in [0.2, 0.25) is 0 Å². The highest BCUT2D eigenvalue weighted by molar-refractivity contribution is 9.10. The van der Waals surface area contributed by atoms with Crippen LogP contribution in [0.4, 0.5) is 11.6 Å². The minimum atomic E-state index is 0.424. The van der Waals surface area contributed by atoms with Gasteiger partial charge in [0.1, 0.15) is 17.5 Å². The van der Waals surface area contributed by atoms with Crippen LogP contribution < -0.4 is 10.2 Å². The van der Waals surface area contributed by atoms with Gasteiger partial charge in [-0.25, -0.2) is 9.97 Å². The first-order chi connectivity index (χ1) is 12.1. The molecule has 4 nitrogen and oxygen atoms in total. The molecule has 1 aliphatic heterocycles. The van der Waals surface area contributed by atoms with E-state index in [-0.39, 0.29) is 0 Å². The second-order valence-corrected chi connectivity index (χ2v) is 8.20. The third-order valence-electron chi connectivity index (χ3n) is 5.18. The average Bonchev–Trinajstić information content (AvgIpc) is 3.46.